The Kier molecular flexibility index (Phi) is 7.68. The van der Waals surface area contributed by atoms with Crippen LogP contribution in [0.3, 0.4) is 0 Å². The van der Waals surface area contributed by atoms with Gasteiger partial charge in [-0.1, -0.05) is 155 Å². The third-order valence-electron chi connectivity index (χ3n) is 15.6. The van der Waals surface area contributed by atoms with Gasteiger partial charge in [0.25, 0.3) is 6.71 Å². The maximum atomic E-state index is 2.89. The first kappa shape index (κ1) is 37.8. The number of hydrogen-bond acceptors (Lipinski definition) is 2. The van der Waals surface area contributed by atoms with Crippen molar-refractivity contribution in [3.63, 3.8) is 0 Å². The molecule has 2 atom stereocenters. The van der Waals surface area contributed by atoms with Crippen LogP contribution in [0.25, 0.3) is 27.5 Å². The maximum Gasteiger partial charge on any atom is 0.252 e. The highest BCUT2D eigenvalue weighted by Gasteiger charge is 2.61. The number of fused-ring (bicyclic) bond motifs is 10. The maximum absolute atomic E-state index is 2.89. The van der Waals surface area contributed by atoms with Crippen molar-refractivity contribution in [2.24, 2.45) is 0 Å². The van der Waals surface area contributed by atoms with Crippen LogP contribution in [0.15, 0.2) is 115 Å². The van der Waals surface area contributed by atoms with E-state index in [0.29, 0.717) is 0 Å². The summed E-state index contributed by atoms with van der Waals surface area (Å²) in [6.45, 7) is 26.4. The SMILES string of the molecule is CC(C)(C)c1ccc(N(c2ccc(C(C)(C)C)cc2)c2cc3c4c(c2)-n2c5ccccc5c5cccc(c52)B4c2cc(C(C)(C)C)cc4c2N3C2(C)CCCCC42C)cc1. The van der Waals surface area contributed by atoms with Gasteiger partial charge in [-0.2, -0.15) is 0 Å². The number of para-hydroxylation sites is 2. The van der Waals surface area contributed by atoms with Crippen molar-refractivity contribution in [1.82, 2.24) is 4.57 Å². The molecule has 302 valence electrons. The fourth-order valence-corrected chi connectivity index (χ4v) is 12.0. The van der Waals surface area contributed by atoms with Gasteiger partial charge in [-0.3, -0.25) is 0 Å². The predicted octanol–water partition coefficient (Wildman–Crippen LogP) is 13.0. The van der Waals surface area contributed by atoms with Crippen LogP contribution >= 0.6 is 0 Å². The van der Waals surface area contributed by atoms with Crippen LogP contribution in [0.4, 0.5) is 28.4 Å². The number of anilines is 5. The van der Waals surface area contributed by atoms with Gasteiger partial charge in [0.2, 0.25) is 0 Å². The first-order valence-electron chi connectivity index (χ1n) is 22.6. The Balaban J connectivity index is 1.27. The molecule has 3 aliphatic heterocycles. The Bertz CT molecular complexity index is 2860. The van der Waals surface area contributed by atoms with Crippen molar-refractivity contribution in [3.05, 3.63) is 138 Å². The van der Waals surface area contributed by atoms with Crippen molar-refractivity contribution in [3.8, 4) is 5.69 Å². The molecule has 4 heteroatoms. The van der Waals surface area contributed by atoms with Crippen LogP contribution in [-0.4, -0.2) is 16.8 Å². The Labute approximate surface area is 358 Å². The molecular weight excluding hydrogens is 725 g/mol. The highest BCUT2D eigenvalue weighted by atomic mass is 15.3. The van der Waals surface area contributed by atoms with Gasteiger partial charge in [-0.25, -0.2) is 0 Å². The minimum absolute atomic E-state index is 0.0201. The fraction of sp³-hybridized carbons (Fsp3) is 0.357. The van der Waals surface area contributed by atoms with Gasteiger partial charge >= 0.3 is 0 Å². The largest absolute Gasteiger partial charge is 0.335 e. The second-order valence-electron chi connectivity index (χ2n) is 22.2. The zero-order chi connectivity index (χ0) is 41.9. The van der Waals surface area contributed by atoms with Gasteiger partial charge in [0, 0.05) is 50.1 Å². The van der Waals surface area contributed by atoms with Crippen molar-refractivity contribution >= 4 is 73.3 Å². The average molecular weight is 786 g/mol. The molecule has 2 unspecified atom stereocenters. The lowest BCUT2D eigenvalue weighted by Crippen LogP contribution is -2.64. The summed E-state index contributed by atoms with van der Waals surface area (Å²) >= 11 is 0. The summed E-state index contributed by atoms with van der Waals surface area (Å²) in [5.74, 6) is 0. The number of aromatic nitrogens is 1. The molecule has 1 saturated carbocycles. The number of benzene rings is 6. The topological polar surface area (TPSA) is 11.4 Å². The van der Waals surface area contributed by atoms with Gasteiger partial charge in [0.05, 0.1) is 16.7 Å². The lowest BCUT2D eigenvalue weighted by atomic mass is 9.33. The molecule has 11 rings (SSSR count). The molecule has 6 aromatic carbocycles. The van der Waals surface area contributed by atoms with E-state index in [0.717, 1.165) is 0 Å². The number of hydrogen-bond donors (Lipinski definition) is 0. The summed E-state index contributed by atoms with van der Waals surface area (Å²) in [6, 6.07) is 45.4. The molecular formula is C56H60BN3. The second kappa shape index (κ2) is 12.2. The molecule has 1 fully saturated rings. The van der Waals surface area contributed by atoms with Crippen LogP contribution in [0.2, 0.25) is 0 Å². The summed E-state index contributed by atoms with van der Waals surface area (Å²) in [5, 5.41) is 2.66. The molecule has 0 spiro atoms. The van der Waals surface area contributed by atoms with E-state index < -0.39 is 0 Å². The van der Waals surface area contributed by atoms with Crippen molar-refractivity contribution in [1.29, 1.82) is 0 Å². The molecule has 4 heterocycles. The van der Waals surface area contributed by atoms with Crippen LogP contribution in [0, 0.1) is 0 Å². The predicted molar refractivity (Wildman–Crippen MR) is 259 cm³/mol. The summed E-state index contributed by atoms with van der Waals surface area (Å²) in [5.41, 5.74) is 20.5. The van der Waals surface area contributed by atoms with E-state index in [4.69, 9.17) is 0 Å². The molecule has 0 radical (unpaired) electrons. The molecule has 0 N–H and O–H groups in total. The van der Waals surface area contributed by atoms with Crippen molar-refractivity contribution < 1.29 is 0 Å². The van der Waals surface area contributed by atoms with Crippen molar-refractivity contribution in [2.75, 3.05) is 9.80 Å². The van der Waals surface area contributed by atoms with Crippen LogP contribution in [-0.2, 0) is 21.7 Å². The minimum atomic E-state index is -0.0746. The fourth-order valence-electron chi connectivity index (χ4n) is 12.0. The standard InChI is InChI=1S/C56H60BN3/c1-52(2,3)35-21-25-38(26-22-35)58(39-27-23-36(24-28-39)53(4,5)6)40-33-47-49-48(34-40)60-51-43(55(10)29-14-15-30-56(55,60)11)31-37(54(7,8)9)32-45(51)57(49)44-19-16-18-42-41-17-12-13-20-46(41)59(47)50(42)44/h12-13,16-28,31-34H,14-15,29-30H2,1-11H3. The Hall–Kier alpha value is -5.22. The Morgan fingerprint density at radius 2 is 1.13 bits per heavy atom. The second-order valence-corrected chi connectivity index (χ2v) is 22.2. The third kappa shape index (κ3) is 5.03. The molecule has 1 aromatic heterocycles. The number of rotatable bonds is 3. The summed E-state index contributed by atoms with van der Waals surface area (Å²) in [4.78, 5) is 5.42. The third-order valence-corrected chi connectivity index (χ3v) is 15.6. The summed E-state index contributed by atoms with van der Waals surface area (Å²) < 4.78 is 2.64. The summed E-state index contributed by atoms with van der Waals surface area (Å²) in [7, 11) is 0. The van der Waals surface area contributed by atoms with Crippen LogP contribution < -0.4 is 26.2 Å². The van der Waals surface area contributed by atoms with Crippen molar-refractivity contribution in [2.45, 2.75) is 129 Å². The van der Waals surface area contributed by atoms with E-state index >= 15 is 0 Å². The first-order chi connectivity index (χ1) is 28.4. The smallest absolute Gasteiger partial charge is 0.252 e. The molecule has 0 bridgehead atoms. The zero-order valence-corrected chi connectivity index (χ0v) is 37.7. The lowest BCUT2D eigenvalue weighted by molar-refractivity contribution is 0.195. The van der Waals surface area contributed by atoms with E-state index in [2.05, 4.69) is 206 Å². The quantitative estimate of drug-likeness (QED) is 0.165. The average Bonchev–Trinajstić information content (AvgIpc) is 3.65. The highest BCUT2D eigenvalue weighted by molar-refractivity contribution is 7.00. The molecule has 1 aliphatic carbocycles. The molecule has 60 heavy (non-hydrogen) atoms. The first-order valence-corrected chi connectivity index (χ1v) is 22.6. The Morgan fingerprint density at radius 3 is 1.77 bits per heavy atom. The van der Waals surface area contributed by atoms with Gasteiger partial charge in [0.1, 0.15) is 0 Å². The molecule has 3 nitrogen and oxygen atoms in total. The molecule has 0 saturated heterocycles. The number of nitrogens with zero attached hydrogens (tertiary/aromatic N) is 3. The van der Waals surface area contributed by atoms with E-state index in [1.54, 1.807) is 5.56 Å². The Morgan fingerprint density at radius 1 is 0.550 bits per heavy atom. The molecule has 4 aliphatic rings. The van der Waals surface area contributed by atoms with E-state index in [1.807, 2.05) is 0 Å². The van der Waals surface area contributed by atoms with Gasteiger partial charge in [-0.05, 0) is 117 Å². The highest BCUT2D eigenvalue weighted by Crippen LogP contribution is 2.62. The molecule has 0 amide bonds. The van der Waals surface area contributed by atoms with Gasteiger partial charge < -0.3 is 14.4 Å². The molecule has 7 aromatic rings. The van der Waals surface area contributed by atoms with E-state index in [9.17, 15) is 0 Å². The van der Waals surface area contributed by atoms with Gasteiger partial charge in [0.15, 0.2) is 0 Å². The summed E-state index contributed by atoms with van der Waals surface area (Å²) in [6.07, 6.45) is 4.90. The van der Waals surface area contributed by atoms with E-state index in [-0.39, 0.29) is 33.9 Å². The van der Waals surface area contributed by atoms with Crippen LogP contribution in [0.1, 0.15) is 124 Å². The lowest BCUT2D eigenvalue weighted by Gasteiger charge is -2.52. The normalized spacial score (nSPS) is 20.4. The zero-order valence-electron chi connectivity index (χ0n) is 37.7. The minimum Gasteiger partial charge on any atom is -0.335 e. The van der Waals surface area contributed by atoms with E-state index in [1.165, 1.54) is 115 Å². The monoisotopic (exact) mass is 785 g/mol. The van der Waals surface area contributed by atoms with Gasteiger partial charge in [-0.15, -0.1) is 0 Å². The van der Waals surface area contributed by atoms with Crippen LogP contribution in [0.5, 0.6) is 0 Å².